The third-order valence-corrected chi connectivity index (χ3v) is 3.83. The number of rotatable bonds is 8. The highest BCUT2D eigenvalue weighted by molar-refractivity contribution is 7.89. The fraction of sp³-hybridized carbons (Fsp3) is 0.545. The van der Waals surface area contributed by atoms with Gasteiger partial charge in [0.1, 0.15) is 4.90 Å². The van der Waals surface area contributed by atoms with Crippen molar-refractivity contribution in [2.75, 3.05) is 18.5 Å². The maximum Gasteiger partial charge on any atom is 0.243 e. The molecule has 0 saturated carbocycles. The number of hydrogen-bond acceptors (Lipinski definition) is 7. The summed E-state index contributed by atoms with van der Waals surface area (Å²) in [6.07, 6.45) is 2.32. The summed E-state index contributed by atoms with van der Waals surface area (Å²) < 4.78 is 26.1. The maximum atomic E-state index is 11.9. The van der Waals surface area contributed by atoms with Crippen molar-refractivity contribution < 1.29 is 13.2 Å². The molecule has 1 amide bonds. The van der Waals surface area contributed by atoms with Crippen molar-refractivity contribution in [1.29, 1.82) is 0 Å². The van der Waals surface area contributed by atoms with Gasteiger partial charge in [-0.15, -0.1) is 0 Å². The molecule has 0 aromatic carbocycles. The number of nitrogens with two attached hydrogens (primary N) is 1. The van der Waals surface area contributed by atoms with Crippen LogP contribution in [0.1, 0.15) is 20.3 Å². The van der Waals surface area contributed by atoms with Crippen LogP contribution in [0.5, 0.6) is 0 Å². The minimum absolute atomic E-state index is 0.00313. The SMILES string of the molecule is CC(C)CNC(=O)CCNS(=O)(=O)c1cnc(NN)nc1. The predicted octanol–water partition coefficient (Wildman–Crippen LogP) is -0.797. The number of nitrogen functional groups attached to an aromatic ring is 1. The molecule has 0 saturated heterocycles. The van der Waals surface area contributed by atoms with Gasteiger partial charge in [-0.2, -0.15) is 0 Å². The number of anilines is 1. The molecule has 0 fully saturated rings. The lowest BCUT2D eigenvalue weighted by molar-refractivity contribution is -0.121. The van der Waals surface area contributed by atoms with Gasteiger partial charge in [-0.25, -0.2) is 29.0 Å². The van der Waals surface area contributed by atoms with E-state index in [1.165, 1.54) is 0 Å². The Kier molecular flexibility index (Phi) is 6.46. The Hall–Kier alpha value is -1.78. The van der Waals surface area contributed by atoms with Crippen LogP contribution in [0.25, 0.3) is 0 Å². The van der Waals surface area contributed by atoms with E-state index in [4.69, 9.17) is 5.84 Å². The van der Waals surface area contributed by atoms with Crippen molar-refractivity contribution in [1.82, 2.24) is 20.0 Å². The van der Waals surface area contributed by atoms with Gasteiger partial charge in [0, 0.05) is 19.5 Å². The summed E-state index contributed by atoms with van der Waals surface area (Å²) in [6, 6.07) is 0. The number of hydrogen-bond donors (Lipinski definition) is 4. The number of hydrazine groups is 1. The molecule has 0 bridgehead atoms. The second-order valence-corrected chi connectivity index (χ2v) is 6.50. The maximum absolute atomic E-state index is 11.9. The van der Waals surface area contributed by atoms with E-state index < -0.39 is 10.0 Å². The van der Waals surface area contributed by atoms with Crippen molar-refractivity contribution in [3.63, 3.8) is 0 Å². The Balaban J connectivity index is 2.47. The van der Waals surface area contributed by atoms with E-state index >= 15 is 0 Å². The van der Waals surface area contributed by atoms with Crippen molar-refractivity contribution in [3.05, 3.63) is 12.4 Å². The highest BCUT2D eigenvalue weighted by Gasteiger charge is 2.15. The molecule has 0 aliphatic rings. The zero-order chi connectivity index (χ0) is 15.9. The molecule has 5 N–H and O–H groups in total. The van der Waals surface area contributed by atoms with E-state index in [0.717, 1.165) is 12.4 Å². The number of sulfonamides is 1. The quantitative estimate of drug-likeness (QED) is 0.364. The largest absolute Gasteiger partial charge is 0.356 e. The van der Waals surface area contributed by atoms with Gasteiger partial charge in [0.05, 0.1) is 12.4 Å². The van der Waals surface area contributed by atoms with Crippen molar-refractivity contribution in [2.45, 2.75) is 25.2 Å². The van der Waals surface area contributed by atoms with Crippen molar-refractivity contribution in [3.8, 4) is 0 Å². The molecule has 0 radical (unpaired) electrons. The van der Waals surface area contributed by atoms with Crippen LogP contribution in [0.2, 0.25) is 0 Å². The molecule has 1 aromatic heterocycles. The van der Waals surface area contributed by atoms with E-state index in [1.807, 2.05) is 13.8 Å². The molecule has 0 spiro atoms. The van der Waals surface area contributed by atoms with Crippen LogP contribution in [0.3, 0.4) is 0 Å². The van der Waals surface area contributed by atoms with Crippen LogP contribution in [0.4, 0.5) is 5.95 Å². The number of carbonyl (C=O) groups excluding carboxylic acids is 1. The summed E-state index contributed by atoms with van der Waals surface area (Å²) in [6.45, 7) is 4.52. The fourth-order valence-electron chi connectivity index (χ4n) is 1.32. The number of nitrogens with one attached hydrogen (secondary N) is 3. The zero-order valence-electron chi connectivity index (χ0n) is 12.0. The van der Waals surface area contributed by atoms with E-state index in [-0.39, 0.29) is 29.7 Å². The molecule has 1 heterocycles. The highest BCUT2D eigenvalue weighted by Crippen LogP contribution is 2.06. The first-order valence-electron chi connectivity index (χ1n) is 6.40. The van der Waals surface area contributed by atoms with Crippen molar-refractivity contribution in [2.24, 2.45) is 11.8 Å². The van der Waals surface area contributed by atoms with Gasteiger partial charge in [-0.05, 0) is 5.92 Å². The number of amides is 1. The minimum atomic E-state index is -3.74. The molecule has 21 heavy (non-hydrogen) atoms. The topological polar surface area (TPSA) is 139 Å². The lowest BCUT2D eigenvalue weighted by Gasteiger charge is -2.09. The van der Waals surface area contributed by atoms with Gasteiger partial charge < -0.3 is 5.32 Å². The Morgan fingerprint density at radius 2 is 1.95 bits per heavy atom. The fourth-order valence-corrected chi connectivity index (χ4v) is 2.24. The Bertz CT molecular complexity index is 558. The first-order chi connectivity index (χ1) is 9.85. The van der Waals surface area contributed by atoms with Crippen LogP contribution >= 0.6 is 0 Å². The van der Waals surface area contributed by atoms with E-state index in [0.29, 0.717) is 12.5 Å². The lowest BCUT2D eigenvalue weighted by atomic mass is 10.2. The second kappa shape index (κ2) is 7.86. The predicted molar refractivity (Wildman–Crippen MR) is 77.5 cm³/mol. The lowest BCUT2D eigenvalue weighted by Crippen LogP contribution is -2.32. The molecular weight excluding hydrogens is 296 g/mol. The van der Waals surface area contributed by atoms with Crippen LogP contribution in [-0.2, 0) is 14.8 Å². The molecule has 9 nitrogen and oxygen atoms in total. The molecule has 0 aliphatic heterocycles. The standard InChI is InChI=1S/C11H20N6O3S/c1-8(2)5-13-10(18)3-4-16-21(19,20)9-6-14-11(17-12)15-7-9/h6-8,16H,3-5,12H2,1-2H3,(H,13,18)(H,14,15,17). The van der Waals surface area contributed by atoms with Gasteiger partial charge in [0.2, 0.25) is 21.9 Å². The molecule has 10 heteroatoms. The third-order valence-electron chi connectivity index (χ3n) is 2.42. The van der Waals surface area contributed by atoms with Crippen LogP contribution in [0.15, 0.2) is 17.3 Å². The summed E-state index contributed by atoms with van der Waals surface area (Å²) >= 11 is 0. The second-order valence-electron chi connectivity index (χ2n) is 4.73. The normalized spacial score (nSPS) is 11.4. The van der Waals surface area contributed by atoms with Crippen LogP contribution in [-0.4, -0.2) is 37.4 Å². The summed E-state index contributed by atoms with van der Waals surface area (Å²) in [5.41, 5.74) is 2.20. The molecule has 1 rings (SSSR count). The van der Waals surface area contributed by atoms with Gasteiger partial charge in [0.25, 0.3) is 0 Å². The number of nitrogens with zero attached hydrogens (tertiary/aromatic N) is 2. The van der Waals surface area contributed by atoms with Gasteiger partial charge >= 0.3 is 0 Å². The smallest absolute Gasteiger partial charge is 0.243 e. The summed E-state index contributed by atoms with van der Waals surface area (Å²) in [7, 11) is -3.74. The Morgan fingerprint density at radius 3 is 2.48 bits per heavy atom. The molecule has 0 aliphatic carbocycles. The highest BCUT2D eigenvalue weighted by atomic mass is 32.2. The van der Waals surface area contributed by atoms with Gasteiger partial charge in [-0.3, -0.25) is 10.2 Å². The number of aromatic nitrogens is 2. The molecule has 1 aromatic rings. The molecule has 118 valence electrons. The van der Waals surface area contributed by atoms with Crippen LogP contribution in [0, 0.1) is 5.92 Å². The zero-order valence-corrected chi connectivity index (χ0v) is 12.8. The first-order valence-corrected chi connectivity index (χ1v) is 7.88. The molecular formula is C11H20N6O3S. The Morgan fingerprint density at radius 1 is 1.33 bits per heavy atom. The monoisotopic (exact) mass is 316 g/mol. The third kappa shape index (κ3) is 6.02. The first kappa shape index (κ1) is 17.3. The average molecular weight is 316 g/mol. The molecule has 0 atom stereocenters. The van der Waals surface area contributed by atoms with Crippen molar-refractivity contribution >= 4 is 21.9 Å². The Labute approximate surface area is 123 Å². The van der Waals surface area contributed by atoms with E-state index in [1.54, 1.807) is 0 Å². The summed E-state index contributed by atoms with van der Waals surface area (Å²) in [4.78, 5) is 18.8. The van der Waals surface area contributed by atoms with Gasteiger partial charge in [0.15, 0.2) is 0 Å². The average Bonchev–Trinajstić information content (AvgIpc) is 2.45. The van der Waals surface area contributed by atoms with E-state index in [9.17, 15) is 13.2 Å². The van der Waals surface area contributed by atoms with Crippen LogP contribution < -0.4 is 21.3 Å². The minimum Gasteiger partial charge on any atom is -0.356 e. The summed E-state index contributed by atoms with van der Waals surface area (Å²) in [5.74, 6) is 5.34. The van der Waals surface area contributed by atoms with Gasteiger partial charge in [-0.1, -0.05) is 13.8 Å². The number of carbonyl (C=O) groups is 1. The molecule has 0 unspecified atom stereocenters. The summed E-state index contributed by atoms with van der Waals surface area (Å²) in [5, 5.41) is 2.70. The van der Waals surface area contributed by atoms with E-state index in [2.05, 4.69) is 25.4 Å².